The van der Waals surface area contributed by atoms with Crippen molar-refractivity contribution in [2.45, 2.75) is 26.4 Å². The molecule has 3 rings (SSSR count). The average molecular weight is 469 g/mol. The first-order chi connectivity index (χ1) is 15.8. The summed E-state index contributed by atoms with van der Waals surface area (Å²) in [7, 11) is 3.12. The van der Waals surface area contributed by atoms with Gasteiger partial charge in [-0.2, -0.15) is 0 Å². The fourth-order valence-electron chi connectivity index (χ4n) is 2.99. The van der Waals surface area contributed by atoms with Crippen molar-refractivity contribution in [2.24, 2.45) is 0 Å². The van der Waals surface area contributed by atoms with Crippen molar-refractivity contribution in [1.82, 2.24) is 4.98 Å². The predicted molar refractivity (Wildman–Crippen MR) is 125 cm³/mol. The normalized spacial score (nSPS) is 11.4. The zero-order valence-electron chi connectivity index (χ0n) is 18.7. The van der Waals surface area contributed by atoms with E-state index in [4.69, 9.17) is 14.2 Å². The Labute approximate surface area is 195 Å². The number of carbonyl (C=O) groups is 3. The van der Waals surface area contributed by atoms with Gasteiger partial charge in [0.2, 0.25) is 0 Å². The minimum absolute atomic E-state index is 0.0682. The van der Waals surface area contributed by atoms with Crippen molar-refractivity contribution < 1.29 is 28.6 Å². The molecule has 1 atom stereocenters. The van der Waals surface area contributed by atoms with Gasteiger partial charge in [0.1, 0.15) is 5.01 Å². The van der Waals surface area contributed by atoms with Crippen LogP contribution < -0.4 is 14.8 Å². The van der Waals surface area contributed by atoms with E-state index in [0.717, 1.165) is 10.6 Å². The Bertz CT molecular complexity index is 1170. The molecule has 0 radical (unpaired) electrons. The van der Waals surface area contributed by atoms with Crippen molar-refractivity contribution in [2.75, 3.05) is 19.5 Å². The summed E-state index contributed by atoms with van der Waals surface area (Å²) in [5.74, 6) is 0.0238. The van der Waals surface area contributed by atoms with Gasteiger partial charge in [0, 0.05) is 22.2 Å². The Balaban J connectivity index is 1.59. The number of nitrogens with zero attached hydrogens (tertiary/aromatic N) is 1. The summed E-state index contributed by atoms with van der Waals surface area (Å²) in [5, 5.41) is 5.13. The van der Waals surface area contributed by atoms with E-state index in [1.807, 2.05) is 12.1 Å². The molecule has 1 N–H and O–H groups in total. The summed E-state index contributed by atoms with van der Waals surface area (Å²) in [6.45, 7) is 2.93. The summed E-state index contributed by atoms with van der Waals surface area (Å²) in [6, 6.07) is 12.0. The maximum Gasteiger partial charge on any atom is 0.312 e. The fraction of sp³-hybridized carbons (Fsp3) is 0.250. The summed E-state index contributed by atoms with van der Waals surface area (Å²) in [4.78, 5) is 40.7. The van der Waals surface area contributed by atoms with Crippen LogP contribution in [0.2, 0.25) is 0 Å². The van der Waals surface area contributed by atoms with E-state index in [9.17, 15) is 14.4 Å². The van der Waals surface area contributed by atoms with Crippen LogP contribution in [0.25, 0.3) is 10.6 Å². The Hall–Kier alpha value is -3.72. The molecule has 0 saturated heterocycles. The molecule has 1 amide bonds. The number of esters is 1. The van der Waals surface area contributed by atoms with Crippen LogP contribution >= 0.6 is 11.3 Å². The molecule has 9 heteroatoms. The maximum absolute atomic E-state index is 12.4. The number of ketones is 1. The molecule has 1 aromatic heterocycles. The number of rotatable bonds is 9. The third kappa shape index (κ3) is 6.17. The molecule has 0 saturated carbocycles. The molecule has 8 nitrogen and oxygen atoms in total. The van der Waals surface area contributed by atoms with Crippen molar-refractivity contribution in [3.05, 3.63) is 59.1 Å². The van der Waals surface area contributed by atoms with Gasteiger partial charge in [-0.3, -0.25) is 14.4 Å². The van der Waals surface area contributed by atoms with Gasteiger partial charge in [-0.15, -0.1) is 11.3 Å². The molecule has 0 spiro atoms. The minimum Gasteiger partial charge on any atom is -0.493 e. The molecule has 1 heterocycles. The van der Waals surface area contributed by atoms with E-state index in [2.05, 4.69) is 10.3 Å². The molecule has 0 bridgehead atoms. The number of anilines is 1. The largest absolute Gasteiger partial charge is 0.493 e. The lowest BCUT2D eigenvalue weighted by Gasteiger charge is -2.13. The Morgan fingerprint density at radius 2 is 1.82 bits per heavy atom. The van der Waals surface area contributed by atoms with Crippen LogP contribution in [-0.4, -0.2) is 43.0 Å². The van der Waals surface area contributed by atoms with Crippen LogP contribution in [-0.2, 0) is 20.7 Å². The fourth-order valence-corrected chi connectivity index (χ4v) is 3.81. The van der Waals surface area contributed by atoms with Gasteiger partial charge in [-0.1, -0.05) is 12.1 Å². The summed E-state index contributed by atoms with van der Waals surface area (Å²) in [6.07, 6.45) is -1.08. The molecule has 1 unspecified atom stereocenters. The number of carbonyl (C=O) groups excluding carboxylic acids is 3. The molecule has 33 heavy (non-hydrogen) atoms. The van der Waals surface area contributed by atoms with Gasteiger partial charge in [-0.25, -0.2) is 4.98 Å². The highest BCUT2D eigenvalue weighted by Gasteiger charge is 2.20. The lowest BCUT2D eigenvalue weighted by molar-refractivity contribution is -0.152. The minimum atomic E-state index is -1.01. The molecule has 3 aromatic rings. The van der Waals surface area contributed by atoms with E-state index in [1.165, 1.54) is 25.2 Å². The Morgan fingerprint density at radius 3 is 2.52 bits per heavy atom. The van der Waals surface area contributed by atoms with E-state index >= 15 is 0 Å². The van der Waals surface area contributed by atoms with Crippen LogP contribution in [0.3, 0.4) is 0 Å². The number of nitrogens with one attached hydrogen (secondary N) is 1. The molecular formula is C24H24N2O6S. The smallest absolute Gasteiger partial charge is 0.312 e. The number of benzene rings is 2. The zero-order chi connectivity index (χ0) is 24.0. The Morgan fingerprint density at radius 1 is 1.06 bits per heavy atom. The number of aromatic nitrogens is 1. The van der Waals surface area contributed by atoms with Crippen LogP contribution in [0.1, 0.15) is 29.9 Å². The van der Waals surface area contributed by atoms with E-state index < -0.39 is 18.0 Å². The third-order valence-corrected chi connectivity index (χ3v) is 5.66. The topological polar surface area (TPSA) is 104 Å². The van der Waals surface area contributed by atoms with E-state index in [-0.39, 0.29) is 12.2 Å². The standard InChI is InChI=1S/C24H24N2O6S/c1-14(27)16-6-5-7-18(10-16)25-23(29)15(2)32-22(28)12-19-13-33-24(26-19)17-8-9-20(30-3)21(11-17)31-4/h5-11,13,15H,12H2,1-4H3,(H,25,29). The van der Waals surface area contributed by atoms with Crippen molar-refractivity contribution in [1.29, 1.82) is 0 Å². The number of amides is 1. The lowest BCUT2D eigenvalue weighted by atomic mass is 10.1. The van der Waals surface area contributed by atoms with Crippen molar-refractivity contribution >= 4 is 34.7 Å². The highest BCUT2D eigenvalue weighted by molar-refractivity contribution is 7.13. The van der Waals surface area contributed by atoms with Gasteiger partial charge in [0.25, 0.3) is 5.91 Å². The third-order valence-electron chi connectivity index (χ3n) is 4.72. The van der Waals surface area contributed by atoms with E-state index in [0.29, 0.717) is 28.4 Å². The molecule has 0 aliphatic rings. The van der Waals surface area contributed by atoms with E-state index in [1.54, 1.807) is 49.9 Å². The summed E-state index contributed by atoms with van der Waals surface area (Å²) < 4.78 is 15.8. The second-order valence-electron chi connectivity index (χ2n) is 7.15. The van der Waals surface area contributed by atoms with Gasteiger partial charge in [0.15, 0.2) is 23.4 Å². The quantitative estimate of drug-likeness (QED) is 0.372. The number of Topliss-reactive ketones (excluding diaryl/α,β-unsaturated/α-hetero) is 1. The first kappa shape index (κ1) is 23.9. The second-order valence-corrected chi connectivity index (χ2v) is 8.01. The van der Waals surface area contributed by atoms with Gasteiger partial charge >= 0.3 is 5.97 Å². The average Bonchev–Trinajstić information content (AvgIpc) is 3.26. The first-order valence-corrected chi connectivity index (χ1v) is 11.0. The molecule has 0 aliphatic carbocycles. The summed E-state index contributed by atoms with van der Waals surface area (Å²) in [5.41, 5.74) is 2.30. The van der Waals surface area contributed by atoms with Crippen molar-refractivity contribution in [3.63, 3.8) is 0 Å². The molecule has 0 aliphatic heterocycles. The van der Waals surface area contributed by atoms with Crippen LogP contribution in [0.15, 0.2) is 47.8 Å². The number of hydrogen-bond acceptors (Lipinski definition) is 8. The second kappa shape index (κ2) is 10.7. The zero-order valence-corrected chi connectivity index (χ0v) is 19.5. The van der Waals surface area contributed by atoms with Crippen molar-refractivity contribution in [3.8, 4) is 22.1 Å². The van der Waals surface area contributed by atoms with Crippen LogP contribution in [0, 0.1) is 0 Å². The monoisotopic (exact) mass is 468 g/mol. The summed E-state index contributed by atoms with van der Waals surface area (Å²) >= 11 is 1.39. The highest BCUT2D eigenvalue weighted by Crippen LogP contribution is 2.33. The number of thiazole rings is 1. The molecule has 0 fully saturated rings. The van der Waals surface area contributed by atoms with Crippen LogP contribution in [0.4, 0.5) is 5.69 Å². The van der Waals surface area contributed by atoms with Gasteiger partial charge < -0.3 is 19.5 Å². The maximum atomic E-state index is 12.4. The lowest BCUT2D eigenvalue weighted by Crippen LogP contribution is -2.30. The van der Waals surface area contributed by atoms with Crippen LogP contribution in [0.5, 0.6) is 11.5 Å². The van der Waals surface area contributed by atoms with Gasteiger partial charge in [0.05, 0.1) is 26.3 Å². The highest BCUT2D eigenvalue weighted by atomic mass is 32.1. The molecule has 2 aromatic carbocycles. The Kier molecular flexibility index (Phi) is 7.78. The molecule has 172 valence electrons. The first-order valence-electron chi connectivity index (χ1n) is 10.1. The predicted octanol–water partition coefficient (Wildman–Crippen LogP) is 4.14. The van der Waals surface area contributed by atoms with Gasteiger partial charge in [-0.05, 0) is 44.2 Å². The number of ether oxygens (including phenoxy) is 3. The number of methoxy groups -OCH3 is 2. The number of hydrogen-bond donors (Lipinski definition) is 1. The SMILES string of the molecule is COc1ccc(-c2nc(CC(=O)OC(C)C(=O)Nc3cccc(C(C)=O)c3)cs2)cc1OC. The molecular weight excluding hydrogens is 444 g/mol.